The molecule has 0 rings (SSSR count). The van der Waals surface area contributed by atoms with Crippen molar-refractivity contribution >= 4 is 17.8 Å². The van der Waals surface area contributed by atoms with E-state index in [9.17, 15) is 14.4 Å². The fraction of sp³-hybridized carbons (Fsp3) is 0.919. The molecule has 0 fully saturated rings. The minimum absolute atomic E-state index is 0.0873. The van der Waals surface area contributed by atoms with Gasteiger partial charge in [-0.15, -0.1) is 0 Å². The van der Waals surface area contributed by atoms with Crippen molar-refractivity contribution < 1.29 is 24.6 Å². The van der Waals surface area contributed by atoms with Gasteiger partial charge >= 0.3 is 11.9 Å². The first-order valence-electron chi connectivity index (χ1n) is 18.7. The van der Waals surface area contributed by atoms with Crippen LogP contribution in [0.1, 0.15) is 212 Å². The number of carboxylic acid groups (broad SMARTS) is 2. The highest BCUT2D eigenvalue weighted by Crippen LogP contribution is 2.16. The average Bonchev–Trinajstić information content (AvgIpc) is 2.98. The summed E-state index contributed by atoms with van der Waals surface area (Å²) >= 11 is 0. The Balaban J connectivity index is 3.25. The fourth-order valence-electron chi connectivity index (χ4n) is 5.92. The Morgan fingerprint density at radius 3 is 0.977 bits per heavy atom. The highest BCUT2D eigenvalue weighted by molar-refractivity contribution is 5.83. The number of hydrogen-bond donors (Lipinski definition) is 3. The van der Waals surface area contributed by atoms with E-state index in [-0.39, 0.29) is 18.7 Å². The van der Waals surface area contributed by atoms with Crippen LogP contribution in [-0.4, -0.2) is 34.1 Å². The summed E-state index contributed by atoms with van der Waals surface area (Å²) in [7, 11) is 0. The van der Waals surface area contributed by atoms with Crippen LogP contribution in [0.3, 0.4) is 0 Å². The Morgan fingerprint density at radius 1 is 0.442 bits per heavy atom. The zero-order valence-corrected chi connectivity index (χ0v) is 28.3. The van der Waals surface area contributed by atoms with E-state index in [1.165, 1.54) is 167 Å². The molecule has 6 nitrogen and oxygen atoms in total. The topological polar surface area (TPSA) is 104 Å². The molecule has 1 unspecified atom stereocenters. The second kappa shape index (κ2) is 33.3. The lowest BCUT2D eigenvalue weighted by Crippen LogP contribution is -2.41. The number of nitrogens with one attached hydrogen (secondary N) is 1. The minimum Gasteiger partial charge on any atom is -0.481 e. The molecule has 1 atom stereocenters. The zero-order valence-electron chi connectivity index (χ0n) is 28.3. The normalized spacial score (nSPS) is 11.9. The van der Waals surface area contributed by atoms with E-state index >= 15 is 0 Å². The minimum atomic E-state index is -1.18. The summed E-state index contributed by atoms with van der Waals surface area (Å²) in [4.78, 5) is 33.7. The first kappa shape index (κ1) is 41.4. The predicted molar refractivity (Wildman–Crippen MR) is 181 cm³/mol. The molecule has 43 heavy (non-hydrogen) atoms. The molecule has 0 heterocycles. The summed E-state index contributed by atoms with van der Waals surface area (Å²) in [5.74, 6) is -2.54. The van der Waals surface area contributed by atoms with Gasteiger partial charge in [-0.25, -0.2) is 4.79 Å². The van der Waals surface area contributed by atoms with Crippen molar-refractivity contribution in [1.29, 1.82) is 0 Å². The molecular formula is C37H71NO5. The van der Waals surface area contributed by atoms with Gasteiger partial charge in [0.15, 0.2) is 0 Å². The number of unbranched alkanes of at least 4 members (excludes halogenated alkanes) is 28. The van der Waals surface area contributed by atoms with Crippen LogP contribution in [0.25, 0.3) is 0 Å². The van der Waals surface area contributed by atoms with Gasteiger partial charge in [-0.1, -0.05) is 187 Å². The van der Waals surface area contributed by atoms with Gasteiger partial charge in [-0.2, -0.15) is 0 Å². The molecule has 0 aromatic carbocycles. The third kappa shape index (κ3) is 33.1. The van der Waals surface area contributed by atoms with Crippen LogP contribution in [0, 0.1) is 0 Å². The molecule has 0 saturated carbocycles. The molecular weight excluding hydrogens is 538 g/mol. The largest absolute Gasteiger partial charge is 0.481 e. The van der Waals surface area contributed by atoms with Crippen molar-refractivity contribution in [2.24, 2.45) is 0 Å². The number of aliphatic carboxylic acids is 2. The monoisotopic (exact) mass is 610 g/mol. The molecule has 0 aromatic rings. The maximum Gasteiger partial charge on any atom is 0.326 e. The fourth-order valence-corrected chi connectivity index (χ4v) is 5.92. The maximum absolute atomic E-state index is 11.9. The third-order valence-electron chi connectivity index (χ3n) is 8.79. The smallest absolute Gasteiger partial charge is 0.326 e. The van der Waals surface area contributed by atoms with E-state index in [0.29, 0.717) is 6.42 Å². The second-order valence-electron chi connectivity index (χ2n) is 13.0. The van der Waals surface area contributed by atoms with Crippen molar-refractivity contribution in [3.05, 3.63) is 0 Å². The molecule has 0 aromatic heterocycles. The van der Waals surface area contributed by atoms with E-state index in [4.69, 9.17) is 10.2 Å². The summed E-state index contributed by atoms with van der Waals surface area (Å²) in [6.45, 7) is 2.29. The van der Waals surface area contributed by atoms with Crippen molar-refractivity contribution in [1.82, 2.24) is 5.32 Å². The van der Waals surface area contributed by atoms with E-state index in [0.717, 1.165) is 19.3 Å². The predicted octanol–water partition coefficient (Wildman–Crippen LogP) is 11.1. The van der Waals surface area contributed by atoms with Gasteiger partial charge < -0.3 is 15.5 Å². The molecule has 0 bridgehead atoms. The Bertz CT molecular complexity index is 638. The van der Waals surface area contributed by atoms with Crippen molar-refractivity contribution in [3.63, 3.8) is 0 Å². The lowest BCUT2D eigenvalue weighted by Gasteiger charge is -2.13. The molecule has 0 spiro atoms. The SMILES string of the molecule is CCCCCCCCCCCCCCCCCCCCCCCCCCCCCCCC(=O)NC(CCC(=O)O)C(=O)O. The molecule has 0 aliphatic carbocycles. The van der Waals surface area contributed by atoms with E-state index < -0.39 is 18.0 Å². The molecule has 0 aliphatic heterocycles. The maximum atomic E-state index is 11.9. The number of hydrogen-bond acceptors (Lipinski definition) is 3. The van der Waals surface area contributed by atoms with Crippen LogP contribution in [-0.2, 0) is 14.4 Å². The lowest BCUT2D eigenvalue weighted by molar-refractivity contribution is -0.143. The van der Waals surface area contributed by atoms with Crippen molar-refractivity contribution in [3.8, 4) is 0 Å². The van der Waals surface area contributed by atoms with Gasteiger partial charge in [0.1, 0.15) is 6.04 Å². The van der Waals surface area contributed by atoms with Gasteiger partial charge in [-0.3, -0.25) is 9.59 Å². The summed E-state index contributed by atoms with van der Waals surface area (Å²) in [6, 6.07) is -1.12. The Hall–Kier alpha value is -1.59. The van der Waals surface area contributed by atoms with E-state index in [1.807, 2.05) is 0 Å². The van der Waals surface area contributed by atoms with Gasteiger partial charge in [0.05, 0.1) is 0 Å². The van der Waals surface area contributed by atoms with Crippen molar-refractivity contribution in [2.75, 3.05) is 0 Å². The number of amides is 1. The Kier molecular flexibility index (Phi) is 32.1. The van der Waals surface area contributed by atoms with Crippen LogP contribution in [0.15, 0.2) is 0 Å². The van der Waals surface area contributed by atoms with Crippen LogP contribution in [0.5, 0.6) is 0 Å². The quantitative estimate of drug-likeness (QED) is 0.0620. The summed E-state index contributed by atoms with van der Waals surface area (Å²) in [6.07, 6.45) is 39.3. The first-order chi connectivity index (χ1) is 21.0. The lowest BCUT2D eigenvalue weighted by atomic mass is 10.0. The van der Waals surface area contributed by atoms with Crippen LogP contribution in [0.4, 0.5) is 0 Å². The average molecular weight is 610 g/mol. The number of rotatable bonds is 35. The van der Waals surface area contributed by atoms with Crippen LogP contribution < -0.4 is 5.32 Å². The highest BCUT2D eigenvalue weighted by atomic mass is 16.4. The van der Waals surface area contributed by atoms with Crippen LogP contribution >= 0.6 is 0 Å². The third-order valence-corrected chi connectivity index (χ3v) is 8.79. The zero-order chi connectivity index (χ0) is 31.6. The van der Waals surface area contributed by atoms with Gasteiger partial charge in [0, 0.05) is 12.8 Å². The summed E-state index contributed by atoms with van der Waals surface area (Å²) in [5.41, 5.74) is 0. The summed E-state index contributed by atoms with van der Waals surface area (Å²) in [5, 5.41) is 20.2. The molecule has 6 heteroatoms. The molecule has 0 saturated heterocycles. The molecule has 0 aliphatic rings. The summed E-state index contributed by atoms with van der Waals surface area (Å²) < 4.78 is 0. The number of carboxylic acids is 2. The molecule has 3 N–H and O–H groups in total. The second-order valence-corrected chi connectivity index (χ2v) is 13.0. The van der Waals surface area contributed by atoms with Crippen LogP contribution in [0.2, 0.25) is 0 Å². The molecule has 0 radical (unpaired) electrons. The first-order valence-corrected chi connectivity index (χ1v) is 18.7. The molecule has 254 valence electrons. The number of carbonyl (C=O) groups is 3. The Morgan fingerprint density at radius 2 is 0.721 bits per heavy atom. The van der Waals surface area contributed by atoms with E-state index in [2.05, 4.69) is 12.2 Å². The van der Waals surface area contributed by atoms with Gasteiger partial charge in [0.25, 0.3) is 0 Å². The van der Waals surface area contributed by atoms with Gasteiger partial charge in [0.2, 0.25) is 5.91 Å². The van der Waals surface area contributed by atoms with Crippen molar-refractivity contribution in [2.45, 2.75) is 218 Å². The Labute approximate surface area is 266 Å². The standard InChI is InChI=1S/C37H71NO5/c1-2-3-4-5-6-7-8-9-10-11-12-13-14-15-16-17-18-19-20-21-22-23-24-25-26-27-28-29-30-31-35(39)38-34(37(42)43)32-33-36(40)41/h34H,2-33H2,1H3,(H,38,39)(H,40,41)(H,42,43). The highest BCUT2D eigenvalue weighted by Gasteiger charge is 2.20. The molecule has 1 amide bonds. The van der Waals surface area contributed by atoms with E-state index in [1.54, 1.807) is 0 Å². The van der Waals surface area contributed by atoms with Gasteiger partial charge in [-0.05, 0) is 12.8 Å². The number of carbonyl (C=O) groups excluding carboxylic acids is 1.